The molecule has 0 N–H and O–H groups in total. The predicted octanol–water partition coefficient (Wildman–Crippen LogP) is -5.50. The van der Waals surface area contributed by atoms with Crippen LogP contribution in [0.4, 0.5) is 0 Å². The van der Waals surface area contributed by atoms with Crippen molar-refractivity contribution in [2.24, 2.45) is 0 Å². The molecule has 7 heavy (non-hydrogen) atoms. The fourth-order valence-corrected chi connectivity index (χ4v) is 0. The van der Waals surface area contributed by atoms with Crippen LogP contribution in [0.5, 0.6) is 0 Å². The Morgan fingerprint density at radius 2 is 1.29 bits per heavy atom. The summed E-state index contributed by atoms with van der Waals surface area (Å²) in [6.07, 6.45) is 5.15. The Balaban J connectivity index is -0.0000000267. The second-order valence-electron chi connectivity index (χ2n) is 1.72. The van der Waals surface area contributed by atoms with Crippen molar-refractivity contribution in [1.29, 1.82) is 0 Å². The van der Waals surface area contributed by atoms with Gasteiger partial charge in [-0.25, -0.2) is 0 Å². The van der Waals surface area contributed by atoms with Gasteiger partial charge in [-0.3, -0.25) is 0 Å². The molecule has 0 radical (unpaired) electrons. The van der Waals surface area contributed by atoms with Gasteiger partial charge in [0.05, 0.1) is 9.93 Å². The van der Waals surface area contributed by atoms with E-state index in [1.807, 2.05) is 0 Å². The zero-order chi connectivity index (χ0) is 4.50. The molecule has 0 aliphatic heterocycles. The van der Waals surface area contributed by atoms with Crippen LogP contribution in [0.3, 0.4) is 0 Å². The standard InChI is InChI=1S/C3H9OS.HI.Na.H/c1-5(2,3)4;;;/h1-3H3;1H;;/q+1;;+1;-1/p-1. The van der Waals surface area contributed by atoms with Gasteiger partial charge in [-0.05, 0) is 0 Å². The molecular formula is C3H10INaOS. The largest absolute Gasteiger partial charge is 1.00 e. The minimum atomic E-state index is -1.42. The van der Waals surface area contributed by atoms with Crippen LogP contribution in [0.2, 0.25) is 0 Å². The first kappa shape index (κ1) is 15.9. The molecule has 0 saturated heterocycles. The van der Waals surface area contributed by atoms with Crippen LogP contribution in [-0.4, -0.2) is 18.8 Å². The minimum absolute atomic E-state index is 0. The van der Waals surface area contributed by atoms with Gasteiger partial charge in [-0.2, -0.15) is 0 Å². The number of hydrogen-bond donors (Lipinski definition) is 0. The molecule has 0 heterocycles. The van der Waals surface area contributed by atoms with Crippen LogP contribution in [0.1, 0.15) is 1.43 Å². The maximum atomic E-state index is 10.2. The van der Waals surface area contributed by atoms with E-state index in [1.54, 1.807) is 18.8 Å². The van der Waals surface area contributed by atoms with Crippen LogP contribution in [0.15, 0.2) is 0 Å². The van der Waals surface area contributed by atoms with E-state index in [2.05, 4.69) is 0 Å². The van der Waals surface area contributed by atoms with E-state index in [4.69, 9.17) is 0 Å². The quantitative estimate of drug-likeness (QED) is 0.236. The molecule has 0 atom stereocenters. The molecule has 42 valence electrons. The van der Waals surface area contributed by atoms with Crippen molar-refractivity contribution in [2.75, 3.05) is 18.8 Å². The summed E-state index contributed by atoms with van der Waals surface area (Å²) in [5.41, 5.74) is 0. The van der Waals surface area contributed by atoms with E-state index in [0.29, 0.717) is 0 Å². The fraction of sp³-hybridized carbons (Fsp3) is 1.00. The van der Waals surface area contributed by atoms with Crippen LogP contribution in [0.25, 0.3) is 0 Å². The molecule has 0 spiro atoms. The maximum absolute atomic E-state index is 10.2. The van der Waals surface area contributed by atoms with Gasteiger partial charge in [0.25, 0.3) is 0 Å². The summed E-state index contributed by atoms with van der Waals surface area (Å²) in [6, 6.07) is 0. The van der Waals surface area contributed by atoms with Gasteiger partial charge >= 0.3 is 29.6 Å². The van der Waals surface area contributed by atoms with E-state index >= 15 is 0 Å². The molecule has 0 aromatic heterocycles. The molecule has 0 amide bonds. The first-order valence-corrected chi connectivity index (χ1v) is 4.17. The summed E-state index contributed by atoms with van der Waals surface area (Å²) < 4.78 is 10.2. The molecule has 0 aliphatic rings. The molecule has 0 fully saturated rings. The molecule has 1 nitrogen and oxygen atoms in total. The smallest absolute Gasteiger partial charge is 1.00 e. The zero-order valence-corrected chi connectivity index (χ0v) is 10.2. The SMILES string of the molecule is C[S+](C)(C)=O.[H-].[I-].[Na+]. The van der Waals surface area contributed by atoms with E-state index in [0.717, 1.165) is 0 Å². The summed E-state index contributed by atoms with van der Waals surface area (Å²) >= 11 is 0. The monoisotopic (exact) mass is 244 g/mol. The Morgan fingerprint density at radius 3 is 1.29 bits per heavy atom. The van der Waals surface area contributed by atoms with Gasteiger partial charge in [0.1, 0.15) is 18.8 Å². The molecule has 0 aromatic rings. The zero-order valence-electron chi connectivity index (χ0n) is 6.19. The Morgan fingerprint density at radius 1 is 1.29 bits per heavy atom. The first-order valence-electron chi connectivity index (χ1n) is 1.39. The number of hydrogen-bond acceptors (Lipinski definition) is 1. The van der Waals surface area contributed by atoms with Crippen LogP contribution < -0.4 is 53.5 Å². The Bertz CT molecular complexity index is 65.4. The third-order valence-corrected chi connectivity index (χ3v) is 0. The summed E-state index contributed by atoms with van der Waals surface area (Å²) in [5.74, 6) is 0. The average molecular weight is 244 g/mol. The summed E-state index contributed by atoms with van der Waals surface area (Å²) in [7, 11) is -1.42. The topological polar surface area (TPSA) is 17.1 Å². The van der Waals surface area contributed by atoms with Gasteiger partial charge in [0.2, 0.25) is 0 Å². The second-order valence-corrected chi connectivity index (χ2v) is 5.17. The van der Waals surface area contributed by atoms with Crippen LogP contribution in [-0.2, 0) is 14.1 Å². The molecule has 0 saturated carbocycles. The molecular weight excluding hydrogens is 234 g/mol. The molecule has 0 bridgehead atoms. The molecule has 0 unspecified atom stereocenters. The Kier molecular flexibility index (Phi) is 13.7. The molecule has 0 rings (SSSR count). The number of rotatable bonds is 0. The molecule has 0 aliphatic carbocycles. The third-order valence-electron chi connectivity index (χ3n) is 0. The Labute approximate surface area is 86.9 Å². The summed E-state index contributed by atoms with van der Waals surface area (Å²) in [6.45, 7) is 0. The second kappa shape index (κ2) is 6.01. The average Bonchev–Trinajstić information content (AvgIpc) is 0.722. The van der Waals surface area contributed by atoms with Gasteiger partial charge in [0.15, 0.2) is 0 Å². The van der Waals surface area contributed by atoms with Crippen molar-refractivity contribution in [3.63, 3.8) is 0 Å². The Hall–Kier alpha value is 1.88. The van der Waals surface area contributed by atoms with Crippen molar-refractivity contribution >= 4 is 9.93 Å². The predicted molar refractivity (Wildman–Crippen MR) is 26.9 cm³/mol. The normalized spacial score (nSPS) is 8.43. The van der Waals surface area contributed by atoms with Crippen LogP contribution >= 0.6 is 0 Å². The third kappa shape index (κ3) is 77.1. The number of halogens is 1. The minimum Gasteiger partial charge on any atom is -1.00 e. The van der Waals surface area contributed by atoms with Crippen LogP contribution in [0, 0.1) is 0 Å². The van der Waals surface area contributed by atoms with Crippen molar-refractivity contribution < 1.29 is 59.2 Å². The first-order chi connectivity index (χ1) is 2.00. The van der Waals surface area contributed by atoms with Gasteiger partial charge in [0, 0.05) is 0 Å². The van der Waals surface area contributed by atoms with Crippen molar-refractivity contribution in [1.82, 2.24) is 0 Å². The van der Waals surface area contributed by atoms with E-state index in [9.17, 15) is 4.21 Å². The fourth-order valence-electron chi connectivity index (χ4n) is 0. The van der Waals surface area contributed by atoms with E-state index in [-0.39, 0.29) is 55.0 Å². The van der Waals surface area contributed by atoms with Gasteiger partial charge in [-0.1, -0.05) is 0 Å². The van der Waals surface area contributed by atoms with Gasteiger partial charge < -0.3 is 25.4 Å². The summed E-state index contributed by atoms with van der Waals surface area (Å²) in [5, 5.41) is 0. The van der Waals surface area contributed by atoms with Crippen molar-refractivity contribution in [3.05, 3.63) is 0 Å². The van der Waals surface area contributed by atoms with Crippen molar-refractivity contribution in [3.8, 4) is 0 Å². The van der Waals surface area contributed by atoms with Gasteiger partial charge in [-0.15, -0.1) is 4.21 Å². The van der Waals surface area contributed by atoms with E-state index < -0.39 is 9.93 Å². The maximum Gasteiger partial charge on any atom is 1.00 e. The molecule has 4 heteroatoms. The summed E-state index contributed by atoms with van der Waals surface area (Å²) in [4.78, 5) is 0. The van der Waals surface area contributed by atoms with Crippen molar-refractivity contribution in [2.45, 2.75) is 0 Å². The van der Waals surface area contributed by atoms with E-state index in [1.165, 1.54) is 0 Å². The molecule has 0 aromatic carbocycles.